The zero-order chi connectivity index (χ0) is 12.1. The first-order chi connectivity index (χ1) is 8.25. The maximum Gasteiger partial charge on any atom is 0.142 e. The molecular weight excluding hydrogens is 234 g/mol. The molecule has 0 aliphatic heterocycles. The monoisotopic (exact) mass is 249 g/mol. The van der Waals surface area contributed by atoms with E-state index in [9.17, 15) is 0 Å². The number of rotatable bonds is 5. The Morgan fingerprint density at radius 3 is 3.00 bits per heavy atom. The van der Waals surface area contributed by atoms with Crippen LogP contribution in [0.5, 0.6) is 0 Å². The van der Waals surface area contributed by atoms with Crippen molar-refractivity contribution in [2.24, 2.45) is 0 Å². The van der Waals surface area contributed by atoms with Gasteiger partial charge in [-0.05, 0) is 19.1 Å². The van der Waals surface area contributed by atoms with Crippen molar-refractivity contribution in [1.29, 1.82) is 0 Å². The zero-order valence-electron chi connectivity index (χ0n) is 9.63. The van der Waals surface area contributed by atoms with E-state index in [2.05, 4.69) is 15.3 Å². The van der Waals surface area contributed by atoms with Crippen molar-refractivity contribution in [2.45, 2.75) is 19.6 Å². The van der Waals surface area contributed by atoms with Gasteiger partial charge in [-0.15, -0.1) is 11.3 Å². The average Bonchev–Trinajstić information content (AvgIpc) is 2.78. The number of aromatic nitrogens is 2. The molecule has 90 valence electrons. The lowest BCUT2D eigenvalue weighted by Gasteiger charge is -2.04. The second kappa shape index (κ2) is 5.86. The van der Waals surface area contributed by atoms with Crippen molar-refractivity contribution < 1.29 is 5.11 Å². The second-order valence-corrected chi connectivity index (χ2v) is 4.94. The summed E-state index contributed by atoms with van der Waals surface area (Å²) in [5, 5.41) is 13.2. The van der Waals surface area contributed by atoms with Crippen LogP contribution in [-0.2, 0) is 6.54 Å². The predicted molar refractivity (Wildman–Crippen MR) is 68.7 cm³/mol. The van der Waals surface area contributed by atoms with E-state index in [1.54, 1.807) is 24.5 Å². The molecule has 2 aromatic rings. The van der Waals surface area contributed by atoms with Crippen LogP contribution in [0.1, 0.15) is 11.8 Å². The van der Waals surface area contributed by atoms with Crippen molar-refractivity contribution in [2.75, 3.05) is 6.54 Å². The van der Waals surface area contributed by atoms with Crippen molar-refractivity contribution in [3.8, 4) is 10.7 Å². The van der Waals surface area contributed by atoms with Gasteiger partial charge >= 0.3 is 0 Å². The molecule has 4 nitrogen and oxygen atoms in total. The Hall–Kier alpha value is -1.30. The number of thiazole rings is 1. The van der Waals surface area contributed by atoms with Gasteiger partial charge in [0, 0.05) is 30.4 Å². The SMILES string of the molecule is CC(O)CNCc1cnc(-c2ccccn2)s1. The molecule has 0 fully saturated rings. The van der Waals surface area contributed by atoms with Gasteiger partial charge in [0.05, 0.1) is 11.8 Å². The zero-order valence-corrected chi connectivity index (χ0v) is 10.4. The molecule has 2 N–H and O–H groups in total. The van der Waals surface area contributed by atoms with Crippen LogP contribution in [0, 0.1) is 0 Å². The van der Waals surface area contributed by atoms with E-state index in [0.29, 0.717) is 6.54 Å². The van der Waals surface area contributed by atoms with E-state index in [-0.39, 0.29) is 6.10 Å². The maximum atomic E-state index is 9.13. The van der Waals surface area contributed by atoms with Gasteiger partial charge < -0.3 is 10.4 Å². The molecule has 0 aliphatic carbocycles. The van der Waals surface area contributed by atoms with Gasteiger partial charge in [-0.2, -0.15) is 0 Å². The summed E-state index contributed by atoms with van der Waals surface area (Å²) in [6, 6.07) is 5.79. The first-order valence-electron chi connectivity index (χ1n) is 5.50. The minimum absolute atomic E-state index is 0.321. The number of aliphatic hydroxyl groups is 1. The number of hydrogen-bond acceptors (Lipinski definition) is 5. The summed E-state index contributed by atoms with van der Waals surface area (Å²) in [6.45, 7) is 3.09. The Kier molecular flexibility index (Phi) is 4.19. The van der Waals surface area contributed by atoms with Gasteiger partial charge in [-0.25, -0.2) is 4.98 Å². The fraction of sp³-hybridized carbons (Fsp3) is 0.333. The van der Waals surface area contributed by atoms with Crippen molar-refractivity contribution in [3.63, 3.8) is 0 Å². The summed E-state index contributed by atoms with van der Waals surface area (Å²) in [7, 11) is 0. The highest BCUT2D eigenvalue weighted by Gasteiger charge is 2.05. The van der Waals surface area contributed by atoms with Crippen LogP contribution in [0.4, 0.5) is 0 Å². The molecule has 0 amide bonds. The van der Waals surface area contributed by atoms with Gasteiger partial charge in [0.1, 0.15) is 5.01 Å². The Bertz CT molecular complexity index is 456. The van der Waals surface area contributed by atoms with Gasteiger partial charge in [0.15, 0.2) is 0 Å². The third-order valence-corrected chi connectivity index (χ3v) is 3.20. The molecule has 2 heterocycles. The van der Waals surface area contributed by atoms with Crippen molar-refractivity contribution >= 4 is 11.3 Å². The molecule has 17 heavy (non-hydrogen) atoms. The first-order valence-corrected chi connectivity index (χ1v) is 6.32. The summed E-state index contributed by atoms with van der Waals surface area (Å²) < 4.78 is 0. The van der Waals surface area contributed by atoms with Crippen LogP contribution in [0.3, 0.4) is 0 Å². The van der Waals surface area contributed by atoms with Crippen LogP contribution < -0.4 is 5.32 Å². The molecule has 0 aliphatic rings. The quantitative estimate of drug-likeness (QED) is 0.846. The fourth-order valence-electron chi connectivity index (χ4n) is 1.40. The van der Waals surface area contributed by atoms with Gasteiger partial charge in [-0.1, -0.05) is 6.07 Å². The Morgan fingerprint density at radius 2 is 2.29 bits per heavy atom. The van der Waals surface area contributed by atoms with Crippen LogP contribution in [0.2, 0.25) is 0 Å². The third kappa shape index (κ3) is 3.59. The summed E-state index contributed by atoms with van der Waals surface area (Å²) in [5.41, 5.74) is 0.902. The molecule has 0 bridgehead atoms. The molecule has 0 saturated carbocycles. The lowest BCUT2D eigenvalue weighted by molar-refractivity contribution is 0.191. The first kappa shape index (κ1) is 12.2. The van der Waals surface area contributed by atoms with Gasteiger partial charge in [0.25, 0.3) is 0 Å². The molecule has 1 atom stereocenters. The van der Waals surface area contributed by atoms with Gasteiger partial charge in [0.2, 0.25) is 0 Å². The van der Waals surface area contributed by atoms with E-state index in [0.717, 1.165) is 22.1 Å². The number of nitrogens with zero attached hydrogens (tertiary/aromatic N) is 2. The Labute approximate surface area is 104 Å². The maximum absolute atomic E-state index is 9.13. The smallest absolute Gasteiger partial charge is 0.142 e. The van der Waals surface area contributed by atoms with Crippen LogP contribution in [0.15, 0.2) is 30.6 Å². The normalized spacial score (nSPS) is 12.6. The average molecular weight is 249 g/mol. The highest BCUT2D eigenvalue weighted by molar-refractivity contribution is 7.14. The third-order valence-electron chi connectivity index (χ3n) is 2.18. The minimum atomic E-state index is -0.321. The van der Waals surface area contributed by atoms with Crippen molar-refractivity contribution in [3.05, 3.63) is 35.5 Å². The Balaban J connectivity index is 1.97. The summed E-state index contributed by atoms with van der Waals surface area (Å²) in [6.07, 6.45) is 3.30. The summed E-state index contributed by atoms with van der Waals surface area (Å²) in [5.74, 6) is 0. The van der Waals surface area contributed by atoms with E-state index in [4.69, 9.17) is 5.11 Å². The molecule has 0 saturated heterocycles. The van der Waals surface area contributed by atoms with Crippen molar-refractivity contribution in [1.82, 2.24) is 15.3 Å². The van der Waals surface area contributed by atoms with Crippen LogP contribution >= 0.6 is 11.3 Å². The number of hydrogen-bond donors (Lipinski definition) is 2. The summed E-state index contributed by atoms with van der Waals surface area (Å²) >= 11 is 1.62. The molecule has 1 unspecified atom stereocenters. The minimum Gasteiger partial charge on any atom is -0.392 e. The van der Waals surface area contributed by atoms with E-state index >= 15 is 0 Å². The Morgan fingerprint density at radius 1 is 1.41 bits per heavy atom. The lowest BCUT2D eigenvalue weighted by atomic mass is 10.4. The van der Waals surface area contributed by atoms with E-state index in [1.807, 2.05) is 24.4 Å². The van der Waals surface area contributed by atoms with E-state index in [1.165, 1.54) is 0 Å². The lowest BCUT2D eigenvalue weighted by Crippen LogP contribution is -2.23. The highest BCUT2D eigenvalue weighted by atomic mass is 32.1. The number of nitrogens with one attached hydrogen (secondary N) is 1. The summed E-state index contributed by atoms with van der Waals surface area (Å²) in [4.78, 5) is 9.74. The topological polar surface area (TPSA) is 58.0 Å². The standard InChI is InChI=1S/C12H15N3OS/c1-9(16)6-13-7-10-8-15-12(17-10)11-4-2-3-5-14-11/h2-5,8-9,13,16H,6-7H2,1H3. The predicted octanol–water partition coefficient (Wildman–Crippen LogP) is 1.68. The highest BCUT2D eigenvalue weighted by Crippen LogP contribution is 2.22. The largest absolute Gasteiger partial charge is 0.392 e. The molecule has 0 radical (unpaired) electrons. The fourth-order valence-corrected chi connectivity index (χ4v) is 2.26. The van der Waals surface area contributed by atoms with Crippen LogP contribution in [-0.4, -0.2) is 27.7 Å². The van der Waals surface area contributed by atoms with Gasteiger partial charge in [-0.3, -0.25) is 4.98 Å². The second-order valence-electron chi connectivity index (χ2n) is 3.83. The molecule has 5 heteroatoms. The van der Waals surface area contributed by atoms with Crippen LogP contribution in [0.25, 0.3) is 10.7 Å². The number of pyridine rings is 1. The molecule has 2 aromatic heterocycles. The van der Waals surface area contributed by atoms with E-state index < -0.39 is 0 Å². The molecule has 0 spiro atoms. The molecule has 2 rings (SSSR count). The number of aliphatic hydroxyl groups excluding tert-OH is 1. The molecule has 0 aromatic carbocycles. The molecular formula is C12H15N3OS.